The topological polar surface area (TPSA) is 78.5 Å². The highest BCUT2D eigenvalue weighted by molar-refractivity contribution is 6.53. The number of carbonyl (C=O) groups excluding carboxylic acids is 3. The van der Waals surface area contributed by atoms with Crippen LogP contribution in [0.1, 0.15) is 21.5 Å². The normalized spacial score (nSPS) is 13.5. The molecule has 4 rings (SSSR count). The number of imide groups is 1. The highest BCUT2D eigenvalue weighted by Gasteiger charge is 2.38. The number of benzene rings is 3. The van der Waals surface area contributed by atoms with Crippen LogP contribution in [0.5, 0.6) is 0 Å². The fourth-order valence-corrected chi connectivity index (χ4v) is 3.51. The predicted octanol–water partition coefficient (Wildman–Crippen LogP) is 4.99. The summed E-state index contributed by atoms with van der Waals surface area (Å²) < 4.78 is 0. The van der Waals surface area contributed by atoms with Crippen molar-refractivity contribution in [1.29, 1.82) is 0 Å². The van der Waals surface area contributed by atoms with E-state index in [1.165, 1.54) is 0 Å². The first-order valence-electron chi connectivity index (χ1n) is 9.94. The van der Waals surface area contributed by atoms with Crippen LogP contribution in [0.4, 0.5) is 17.1 Å². The van der Waals surface area contributed by atoms with E-state index in [2.05, 4.69) is 10.6 Å². The third-order valence-corrected chi connectivity index (χ3v) is 5.48. The van der Waals surface area contributed by atoms with E-state index >= 15 is 0 Å². The molecule has 0 aromatic heterocycles. The van der Waals surface area contributed by atoms with E-state index in [9.17, 15) is 14.4 Å². The summed E-state index contributed by atoms with van der Waals surface area (Å²) in [6, 6.07) is 21.1. The SMILES string of the molecule is Cc1ccc(N2C(=O)C(Cl)=C(Nc3ccc(C(=O)Nc4ccccc4C)cc3)C2=O)cc1. The summed E-state index contributed by atoms with van der Waals surface area (Å²) >= 11 is 6.18. The minimum atomic E-state index is -0.586. The third-order valence-electron chi connectivity index (χ3n) is 5.13. The van der Waals surface area contributed by atoms with E-state index in [4.69, 9.17) is 11.6 Å². The van der Waals surface area contributed by atoms with Crippen molar-refractivity contribution < 1.29 is 14.4 Å². The lowest BCUT2D eigenvalue weighted by Gasteiger charge is -2.15. The molecule has 32 heavy (non-hydrogen) atoms. The lowest BCUT2D eigenvalue weighted by molar-refractivity contribution is -0.120. The second-order valence-corrected chi connectivity index (χ2v) is 7.82. The van der Waals surface area contributed by atoms with Crippen LogP contribution in [-0.4, -0.2) is 17.7 Å². The van der Waals surface area contributed by atoms with Gasteiger partial charge in [-0.3, -0.25) is 14.4 Å². The van der Waals surface area contributed by atoms with E-state index in [0.29, 0.717) is 16.9 Å². The number of carbonyl (C=O) groups is 3. The molecule has 160 valence electrons. The van der Waals surface area contributed by atoms with Gasteiger partial charge in [-0.05, 0) is 61.9 Å². The molecule has 7 heteroatoms. The fraction of sp³-hybridized carbons (Fsp3) is 0.0800. The van der Waals surface area contributed by atoms with Gasteiger partial charge in [-0.1, -0.05) is 47.5 Å². The molecular formula is C25H20ClN3O3. The van der Waals surface area contributed by atoms with Gasteiger partial charge in [0.2, 0.25) is 0 Å². The first kappa shape index (κ1) is 21.3. The number of halogens is 1. The quantitative estimate of drug-likeness (QED) is 0.542. The number of rotatable bonds is 5. The summed E-state index contributed by atoms with van der Waals surface area (Å²) in [6.07, 6.45) is 0. The second-order valence-electron chi connectivity index (χ2n) is 7.44. The summed E-state index contributed by atoms with van der Waals surface area (Å²) in [7, 11) is 0. The lowest BCUT2D eigenvalue weighted by Crippen LogP contribution is -2.32. The van der Waals surface area contributed by atoms with Gasteiger partial charge in [0, 0.05) is 16.9 Å². The number of nitrogens with zero attached hydrogens (tertiary/aromatic N) is 1. The minimum Gasteiger partial charge on any atom is -0.350 e. The van der Waals surface area contributed by atoms with Crippen molar-refractivity contribution in [2.75, 3.05) is 15.5 Å². The highest BCUT2D eigenvalue weighted by Crippen LogP contribution is 2.30. The number of aryl methyl sites for hydroxylation is 2. The molecule has 0 spiro atoms. The van der Waals surface area contributed by atoms with Crippen molar-refractivity contribution >= 4 is 46.4 Å². The van der Waals surface area contributed by atoms with Gasteiger partial charge >= 0.3 is 0 Å². The molecular weight excluding hydrogens is 426 g/mol. The van der Waals surface area contributed by atoms with Crippen molar-refractivity contribution in [2.45, 2.75) is 13.8 Å². The van der Waals surface area contributed by atoms with E-state index < -0.39 is 11.8 Å². The molecule has 3 aromatic carbocycles. The van der Waals surface area contributed by atoms with E-state index in [-0.39, 0.29) is 16.6 Å². The molecule has 0 unspecified atom stereocenters. The summed E-state index contributed by atoms with van der Waals surface area (Å²) in [5, 5.41) is 5.60. The average Bonchev–Trinajstić information content (AvgIpc) is 3.00. The van der Waals surface area contributed by atoms with Gasteiger partial charge in [0.15, 0.2) is 0 Å². The van der Waals surface area contributed by atoms with Crippen LogP contribution in [-0.2, 0) is 9.59 Å². The molecule has 0 atom stereocenters. The number of hydrogen-bond acceptors (Lipinski definition) is 4. The first-order chi connectivity index (χ1) is 15.3. The molecule has 0 radical (unpaired) electrons. The molecule has 3 amide bonds. The van der Waals surface area contributed by atoms with Crippen LogP contribution in [0.3, 0.4) is 0 Å². The Balaban J connectivity index is 1.49. The molecule has 0 aliphatic carbocycles. The minimum absolute atomic E-state index is 0.00523. The zero-order chi connectivity index (χ0) is 22.8. The molecule has 0 fully saturated rings. The van der Waals surface area contributed by atoms with E-state index in [1.807, 2.05) is 50.2 Å². The van der Waals surface area contributed by atoms with Crippen molar-refractivity contribution in [1.82, 2.24) is 0 Å². The molecule has 2 N–H and O–H groups in total. The fourth-order valence-electron chi connectivity index (χ4n) is 3.30. The van der Waals surface area contributed by atoms with Crippen molar-refractivity contribution in [2.24, 2.45) is 0 Å². The van der Waals surface area contributed by atoms with Gasteiger partial charge in [0.1, 0.15) is 10.7 Å². The van der Waals surface area contributed by atoms with Crippen LogP contribution in [0.2, 0.25) is 0 Å². The average molecular weight is 446 g/mol. The number of nitrogens with one attached hydrogen (secondary N) is 2. The van der Waals surface area contributed by atoms with Crippen molar-refractivity contribution in [3.05, 3.63) is 100 Å². The number of hydrogen-bond donors (Lipinski definition) is 2. The first-order valence-corrected chi connectivity index (χ1v) is 10.3. The Hall–Kier alpha value is -3.90. The van der Waals surface area contributed by atoms with Crippen LogP contribution in [0.15, 0.2) is 83.5 Å². The molecule has 1 aliphatic rings. The maximum absolute atomic E-state index is 12.9. The number of anilines is 3. The van der Waals surface area contributed by atoms with Crippen LogP contribution < -0.4 is 15.5 Å². The van der Waals surface area contributed by atoms with Gasteiger partial charge < -0.3 is 10.6 Å². The van der Waals surface area contributed by atoms with E-state index in [0.717, 1.165) is 21.7 Å². The Labute approximate surface area is 190 Å². The standard InChI is InChI=1S/C25H20ClN3O3/c1-15-7-13-19(14-8-15)29-24(31)21(26)22(25(29)32)27-18-11-9-17(10-12-18)23(30)28-20-6-4-3-5-16(20)2/h3-14,27H,1-2H3,(H,28,30). The highest BCUT2D eigenvalue weighted by atomic mass is 35.5. The summed E-state index contributed by atoms with van der Waals surface area (Å²) in [5.74, 6) is -1.37. The van der Waals surface area contributed by atoms with Crippen LogP contribution in [0.25, 0.3) is 0 Å². The Morgan fingerprint density at radius 1 is 0.844 bits per heavy atom. The Bertz CT molecular complexity index is 1250. The zero-order valence-corrected chi connectivity index (χ0v) is 18.2. The van der Waals surface area contributed by atoms with Gasteiger partial charge in [-0.2, -0.15) is 0 Å². The van der Waals surface area contributed by atoms with E-state index in [1.54, 1.807) is 36.4 Å². The Morgan fingerprint density at radius 3 is 2.16 bits per heavy atom. The second kappa shape index (κ2) is 8.69. The predicted molar refractivity (Wildman–Crippen MR) is 126 cm³/mol. The third kappa shape index (κ3) is 4.13. The van der Waals surface area contributed by atoms with Crippen LogP contribution >= 0.6 is 11.6 Å². The van der Waals surface area contributed by atoms with Gasteiger partial charge in [-0.25, -0.2) is 4.90 Å². The molecule has 3 aromatic rings. The smallest absolute Gasteiger partial charge is 0.283 e. The lowest BCUT2D eigenvalue weighted by atomic mass is 10.1. The monoisotopic (exact) mass is 445 g/mol. The van der Waals surface area contributed by atoms with Gasteiger partial charge in [-0.15, -0.1) is 0 Å². The Morgan fingerprint density at radius 2 is 1.50 bits per heavy atom. The summed E-state index contributed by atoms with van der Waals surface area (Å²) in [4.78, 5) is 39.0. The molecule has 0 saturated heterocycles. The molecule has 0 bridgehead atoms. The zero-order valence-electron chi connectivity index (χ0n) is 17.5. The largest absolute Gasteiger partial charge is 0.350 e. The number of para-hydroxylation sites is 1. The Kier molecular flexibility index (Phi) is 5.79. The maximum atomic E-state index is 12.9. The molecule has 0 saturated carbocycles. The summed E-state index contributed by atoms with van der Waals surface area (Å²) in [5.41, 5.74) is 4.13. The maximum Gasteiger partial charge on any atom is 0.283 e. The van der Waals surface area contributed by atoms with Crippen molar-refractivity contribution in [3.8, 4) is 0 Å². The van der Waals surface area contributed by atoms with Gasteiger partial charge in [0.05, 0.1) is 5.69 Å². The molecule has 6 nitrogen and oxygen atoms in total. The van der Waals surface area contributed by atoms with Crippen LogP contribution in [0, 0.1) is 13.8 Å². The molecule has 1 aliphatic heterocycles. The number of amides is 3. The van der Waals surface area contributed by atoms with Crippen molar-refractivity contribution in [3.63, 3.8) is 0 Å². The summed E-state index contributed by atoms with van der Waals surface area (Å²) in [6.45, 7) is 3.83. The van der Waals surface area contributed by atoms with Gasteiger partial charge in [0.25, 0.3) is 17.7 Å². The molecule has 1 heterocycles.